The van der Waals surface area contributed by atoms with Crippen LogP contribution in [0.5, 0.6) is 5.88 Å². The molecule has 1 aromatic rings. The summed E-state index contributed by atoms with van der Waals surface area (Å²) in [6.07, 6.45) is 3.02. The Morgan fingerprint density at radius 2 is 2.32 bits per heavy atom. The molecule has 1 aromatic heterocycles. The molecule has 1 fully saturated rings. The van der Waals surface area contributed by atoms with Gasteiger partial charge >= 0.3 is 0 Å². The van der Waals surface area contributed by atoms with E-state index in [0.717, 1.165) is 32.0 Å². The number of hydrogen-bond acceptors (Lipinski definition) is 5. The lowest BCUT2D eigenvalue weighted by atomic mass is 9.87. The van der Waals surface area contributed by atoms with Crippen LogP contribution in [0.2, 0.25) is 0 Å². The molecule has 0 aromatic carbocycles. The van der Waals surface area contributed by atoms with Gasteiger partial charge in [0.25, 0.3) is 0 Å². The number of ether oxygens (including phenoxy) is 1. The molecule has 1 saturated heterocycles. The van der Waals surface area contributed by atoms with Crippen LogP contribution in [0.25, 0.3) is 0 Å². The van der Waals surface area contributed by atoms with Gasteiger partial charge in [-0.2, -0.15) is 4.98 Å². The highest BCUT2D eigenvalue weighted by Crippen LogP contribution is 2.25. The van der Waals surface area contributed by atoms with E-state index in [-0.39, 0.29) is 6.10 Å². The Morgan fingerprint density at radius 3 is 3.00 bits per heavy atom. The number of rotatable bonds is 4. The third-order valence-corrected chi connectivity index (χ3v) is 3.67. The average Bonchev–Trinajstić information content (AvgIpc) is 2.39. The van der Waals surface area contributed by atoms with E-state index in [0.29, 0.717) is 17.7 Å². The fourth-order valence-corrected chi connectivity index (χ4v) is 2.43. The molecule has 2 rings (SSSR count). The van der Waals surface area contributed by atoms with Gasteiger partial charge in [-0.05, 0) is 38.6 Å². The SMILES string of the molecule is CC(C)Oc1ccnc(N2CCC(C)C(CN)C2)n1. The molecule has 2 unspecified atom stereocenters. The van der Waals surface area contributed by atoms with E-state index in [1.54, 1.807) is 12.3 Å². The van der Waals surface area contributed by atoms with E-state index in [1.807, 2.05) is 13.8 Å². The monoisotopic (exact) mass is 264 g/mol. The average molecular weight is 264 g/mol. The molecule has 0 aliphatic carbocycles. The van der Waals surface area contributed by atoms with E-state index in [2.05, 4.69) is 21.8 Å². The third-order valence-electron chi connectivity index (χ3n) is 3.67. The van der Waals surface area contributed by atoms with Crippen molar-refractivity contribution in [3.05, 3.63) is 12.3 Å². The second-order valence-corrected chi connectivity index (χ2v) is 5.57. The van der Waals surface area contributed by atoms with Crippen molar-refractivity contribution < 1.29 is 4.74 Å². The van der Waals surface area contributed by atoms with Gasteiger partial charge in [-0.3, -0.25) is 0 Å². The van der Waals surface area contributed by atoms with Gasteiger partial charge in [0.1, 0.15) is 0 Å². The lowest BCUT2D eigenvalue weighted by molar-refractivity contribution is 0.232. The summed E-state index contributed by atoms with van der Waals surface area (Å²) in [4.78, 5) is 11.1. The van der Waals surface area contributed by atoms with Gasteiger partial charge in [0.05, 0.1) is 6.10 Å². The van der Waals surface area contributed by atoms with Gasteiger partial charge in [0, 0.05) is 25.4 Å². The molecule has 0 radical (unpaired) electrons. The zero-order chi connectivity index (χ0) is 13.8. The number of aromatic nitrogens is 2. The molecule has 1 aliphatic heterocycles. The predicted octanol–water partition coefficient (Wildman–Crippen LogP) is 1.68. The molecule has 0 saturated carbocycles. The highest BCUT2D eigenvalue weighted by atomic mass is 16.5. The topological polar surface area (TPSA) is 64.3 Å². The Labute approximate surface area is 115 Å². The first-order valence-corrected chi connectivity index (χ1v) is 7.05. The first-order chi connectivity index (χ1) is 9.10. The van der Waals surface area contributed by atoms with Crippen molar-refractivity contribution in [3.63, 3.8) is 0 Å². The minimum absolute atomic E-state index is 0.126. The van der Waals surface area contributed by atoms with E-state index in [4.69, 9.17) is 10.5 Å². The first kappa shape index (κ1) is 14.1. The first-order valence-electron chi connectivity index (χ1n) is 7.05. The normalized spacial score (nSPS) is 23.7. The Hall–Kier alpha value is -1.36. The fraction of sp³-hybridized carbons (Fsp3) is 0.714. The molecule has 2 atom stereocenters. The smallest absolute Gasteiger partial charge is 0.228 e. The van der Waals surface area contributed by atoms with Crippen LogP contribution < -0.4 is 15.4 Å². The summed E-state index contributed by atoms with van der Waals surface area (Å²) >= 11 is 0. The van der Waals surface area contributed by atoms with E-state index < -0.39 is 0 Å². The fourth-order valence-electron chi connectivity index (χ4n) is 2.43. The van der Waals surface area contributed by atoms with Crippen molar-refractivity contribution in [3.8, 4) is 5.88 Å². The van der Waals surface area contributed by atoms with Gasteiger partial charge in [0.15, 0.2) is 0 Å². The zero-order valence-corrected chi connectivity index (χ0v) is 12.0. The van der Waals surface area contributed by atoms with Crippen LogP contribution in [0, 0.1) is 11.8 Å². The van der Waals surface area contributed by atoms with Gasteiger partial charge in [-0.25, -0.2) is 4.98 Å². The zero-order valence-electron chi connectivity index (χ0n) is 12.0. The highest BCUT2D eigenvalue weighted by molar-refractivity contribution is 5.33. The summed E-state index contributed by atoms with van der Waals surface area (Å²) < 4.78 is 5.62. The van der Waals surface area contributed by atoms with E-state index in [1.165, 1.54) is 0 Å². The van der Waals surface area contributed by atoms with E-state index in [9.17, 15) is 0 Å². The molecule has 0 spiro atoms. The second-order valence-electron chi connectivity index (χ2n) is 5.57. The maximum Gasteiger partial charge on any atom is 0.228 e. The molecule has 2 heterocycles. The van der Waals surface area contributed by atoms with Crippen molar-refractivity contribution in [1.29, 1.82) is 0 Å². The second kappa shape index (κ2) is 6.19. The molecule has 0 bridgehead atoms. The number of nitrogens with two attached hydrogens (primary N) is 1. The molecule has 2 N–H and O–H groups in total. The van der Waals surface area contributed by atoms with Crippen molar-refractivity contribution in [1.82, 2.24) is 9.97 Å². The molecular weight excluding hydrogens is 240 g/mol. The van der Waals surface area contributed by atoms with Crippen LogP contribution in [0.3, 0.4) is 0 Å². The van der Waals surface area contributed by atoms with Crippen LogP contribution in [-0.2, 0) is 0 Å². The maximum atomic E-state index is 5.84. The van der Waals surface area contributed by atoms with Gasteiger partial charge < -0.3 is 15.4 Å². The Balaban J connectivity index is 2.09. The minimum atomic E-state index is 0.126. The van der Waals surface area contributed by atoms with Crippen LogP contribution in [0.15, 0.2) is 12.3 Å². The molecule has 106 valence electrons. The molecule has 5 nitrogen and oxygen atoms in total. The summed E-state index contributed by atoms with van der Waals surface area (Å²) in [6.45, 7) is 8.91. The minimum Gasteiger partial charge on any atom is -0.475 e. The molecule has 1 aliphatic rings. The van der Waals surface area contributed by atoms with Crippen LogP contribution >= 0.6 is 0 Å². The molecule has 19 heavy (non-hydrogen) atoms. The van der Waals surface area contributed by atoms with Crippen molar-refractivity contribution in [2.75, 3.05) is 24.5 Å². The number of piperidine rings is 1. The summed E-state index contributed by atoms with van der Waals surface area (Å²) in [5.74, 6) is 2.59. The highest BCUT2D eigenvalue weighted by Gasteiger charge is 2.26. The standard InChI is InChI=1S/C14H24N4O/c1-10(2)19-13-4-6-16-14(17-13)18-7-5-11(3)12(8-15)9-18/h4,6,10-12H,5,7-9,15H2,1-3H3. The number of anilines is 1. The predicted molar refractivity (Wildman–Crippen MR) is 76.3 cm³/mol. The van der Waals surface area contributed by atoms with Gasteiger partial charge in [-0.1, -0.05) is 6.92 Å². The lowest BCUT2D eigenvalue weighted by Gasteiger charge is -2.36. The van der Waals surface area contributed by atoms with E-state index >= 15 is 0 Å². The van der Waals surface area contributed by atoms with Crippen LogP contribution in [-0.4, -0.2) is 35.7 Å². The number of nitrogens with zero attached hydrogens (tertiary/aromatic N) is 3. The summed E-state index contributed by atoms with van der Waals surface area (Å²) in [7, 11) is 0. The maximum absolute atomic E-state index is 5.84. The Morgan fingerprint density at radius 1 is 1.53 bits per heavy atom. The van der Waals surface area contributed by atoms with Gasteiger partial charge in [-0.15, -0.1) is 0 Å². The largest absolute Gasteiger partial charge is 0.475 e. The summed E-state index contributed by atoms with van der Waals surface area (Å²) in [6, 6.07) is 1.80. The van der Waals surface area contributed by atoms with Crippen LogP contribution in [0.4, 0.5) is 5.95 Å². The molecular formula is C14H24N4O. The third kappa shape index (κ3) is 3.56. The Bertz CT molecular complexity index is 410. The summed E-state index contributed by atoms with van der Waals surface area (Å²) in [5, 5.41) is 0. The molecule has 5 heteroatoms. The quantitative estimate of drug-likeness (QED) is 0.896. The lowest BCUT2D eigenvalue weighted by Crippen LogP contribution is -2.43. The summed E-state index contributed by atoms with van der Waals surface area (Å²) in [5.41, 5.74) is 5.84. The number of hydrogen-bond donors (Lipinski definition) is 1. The van der Waals surface area contributed by atoms with Gasteiger partial charge in [0.2, 0.25) is 11.8 Å². The van der Waals surface area contributed by atoms with Crippen LogP contribution in [0.1, 0.15) is 27.2 Å². The van der Waals surface area contributed by atoms with Crippen molar-refractivity contribution >= 4 is 5.95 Å². The molecule has 0 amide bonds. The van der Waals surface area contributed by atoms with Crippen molar-refractivity contribution in [2.24, 2.45) is 17.6 Å². The van der Waals surface area contributed by atoms with Crippen molar-refractivity contribution in [2.45, 2.75) is 33.3 Å². The Kier molecular flexibility index (Phi) is 4.58.